The monoisotopic (exact) mass is 456 g/mol. The van der Waals surface area contributed by atoms with Gasteiger partial charge in [0.2, 0.25) is 0 Å². The van der Waals surface area contributed by atoms with Crippen molar-refractivity contribution in [1.82, 2.24) is 0 Å². The Labute approximate surface area is 204 Å². The lowest BCUT2D eigenvalue weighted by Crippen LogP contribution is -2.55. The Morgan fingerprint density at radius 2 is 1.61 bits per heavy atom. The molecule has 1 N–H and O–H groups in total. The lowest BCUT2D eigenvalue weighted by Gasteiger charge is -2.62. The van der Waals surface area contributed by atoms with Crippen LogP contribution in [0, 0.1) is 45.3 Å². The van der Waals surface area contributed by atoms with Gasteiger partial charge >= 0.3 is 0 Å². The van der Waals surface area contributed by atoms with Crippen LogP contribution in [0.25, 0.3) is 0 Å². The summed E-state index contributed by atoms with van der Waals surface area (Å²) in [7, 11) is 0. The van der Waals surface area contributed by atoms with Gasteiger partial charge < -0.3 is 9.84 Å². The third kappa shape index (κ3) is 3.24. The van der Waals surface area contributed by atoms with E-state index in [0.717, 1.165) is 24.9 Å². The summed E-state index contributed by atoms with van der Waals surface area (Å²) < 4.78 is 5.95. The van der Waals surface area contributed by atoms with E-state index in [1.807, 2.05) is 11.1 Å². The lowest BCUT2D eigenvalue weighted by molar-refractivity contribution is -0.0962. The van der Waals surface area contributed by atoms with E-state index < -0.39 is 0 Å². The van der Waals surface area contributed by atoms with Gasteiger partial charge in [-0.05, 0) is 110 Å². The number of aliphatic hydroxyl groups excluding tert-OH is 1. The molecule has 2 heteroatoms. The van der Waals surface area contributed by atoms with Gasteiger partial charge in [0.05, 0.1) is 18.3 Å². The zero-order valence-corrected chi connectivity index (χ0v) is 23.0. The topological polar surface area (TPSA) is 32.8 Å². The SMILES string of the molecule is CC(C)C1(CC[C@@H](C)[C@@H]2CC[C@]3(C)C4=C(CC[C@@]23C)[C@@]2(C)CC[C@H](O)C(C)(C)[C@@H]2CC4)CO1. The molecule has 2 saturated carbocycles. The van der Waals surface area contributed by atoms with Crippen molar-refractivity contribution in [3.8, 4) is 0 Å². The maximum Gasteiger partial charge on any atom is 0.0939 e. The molecule has 2 nitrogen and oxygen atoms in total. The van der Waals surface area contributed by atoms with Crippen molar-refractivity contribution in [3.63, 3.8) is 0 Å². The Kier molecular flexibility index (Phi) is 5.60. The number of hydrogen-bond acceptors (Lipinski definition) is 2. The van der Waals surface area contributed by atoms with Crippen molar-refractivity contribution < 1.29 is 9.84 Å². The average molecular weight is 457 g/mol. The second-order valence-electron chi connectivity index (χ2n) is 14.8. The van der Waals surface area contributed by atoms with Crippen LogP contribution in [-0.2, 0) is 4.74 Å². The Bertz CT molecular complexity index is 819. The van der Waals surface area contributed by atoms with E-state index in [0.29, 0.717) is 28.1 Å². The van der Waals surface area contributed by atoms with Gasteiger partial charge in [-0.1, -0.05) is 66.5 Å². The van der Waals surface area contributed by atoms with Crippen LogP contribution in [0.5, 0.6) is 0 Å². The van der Waals surface area contributed by atoms with Crippen LogP contribution < -0.4 is 0 Å². The van der Waals surface area contributed by atoms with Crippen molar-refractivity contribution >= 4 is 0 Å². The Morgan fingerprint density at radius 3 is 2.24 bits per heavy atom. The normalized spacial score (nSPS) is 49.5. The maximum absolute atomic E-state index is 10.8. The lowest BCUT2D eigenvalue weighted by atomic mass is 9.43. The van der Waals surface area contributed by atoms with Crippen molar-refractivity contribution in [3.05, 3.63) is 11.1 Å². The molecule has 33 heavy (non-hydrogen) atoms. The largest absolute Gasteiger partial charge is 0.393 e. The summed E-state index contributed by atoms with van der Waals surface area (Å²) in [6.07, 6.45) is 12.6. The van der Waals surface area contributed by atoms with Crippen LogP contribution in [-0.4, -0.2) is 23.4 Å². The Balaban J connectivity index is 1.41. The van der Waals surface area contributed by atoms with Crippen LogP contribution in [0.15, 0.2) is 11.1 Å². The van der Waals surface area contributed by atoms with E-state index in [-0.39, 0.29) is 17.1 Å². The molecular formula is C31H52O2. The van der Waals surface area contributed by atoms with Crippen LogP contribution in [0.1, 0.15) is 120 Å². The van der Waals surface area contributed by atoms with E-state index in [9.17, 15) is 5.11 Å². The molecule has 0 aromatic carbocycles. The molecule has 3 fully saturated rings. The fraction of sp³-hybridized carbons (Fsp3) is 0.935. The Morgan fingerprint density at radius 1 is 0.909 bits per heavy atom. The zero-order chi connectivity index (χ0) is 24.0. The standard InChI is InChI=1S/C31H52O2/c1-20(2)31(19-33-31)18-11-21(3)22-12-16-30(8)24-9-10-25-27(4,5)26(32)14-15-28(25,6)23(24)13-17-29(22,30)7/h20-22,25-26,32H,9-19H2,1-8H3/t21-,22+,25+,26+,28-,29+,30-,31?/m1/s1. The van der Waals surface area contributed by atoms with Crippen molar-refractivity contribution in [2.45, 2.75) is 131 Å². The maximum atomic E-state index is 10.8. The van der Waals surface area contributed by atoms with Crippen LogP contribution >= 0.6 is 0 Å². The molecule has 4 aliphatic carbocycles. The minimum atomic E-state index is -0.136. The summed E-state index contributed by atoms with van der Waals surface area (Å²) in [6.45, 7) is 20.8. The second kappa shape index (κ2) is 7.58. The number of ether oxygens (including phenoxy) is 1. The number of rotatable bonds is 5. The number of epoxide rings is 1. The van der Waals surface area contributed by atoms with Crippen LogP contribution in [0.4, 0.5) is 0 Å². The minimum Gasteiger partial charge on any atom is -0.393 e. The smallest absolute Gasteiger partial charge is 0.0939 e. The number of hydrogen-bond donors (Lipinski definition) is 1. The molecule has 0 spiro atoms. The first-order chi connectivity index (χ1) is 15.3. The third-order valence-electron chi connectivity index (χ3n) is 13.1. The first kappa shape index (κ1) is 24.4. The fourth-order valence-corrected chi connectivity index (χ4v) is 10.2. The first-order valence-corrected chi connectivity index (χ1v) is 14.4. The summed E-state index contributed by atoms with van der Waals surface area (Å²) in [5.74, 6) is 2.90. The summed E-state index contributed by atoms with van der Waals surface area (Å²) in [5, 5.41) is 10.8. The highest BCUT2D eigenvalue weighted by Gasteiger charge is 2.63. The minimum absolute atomic E-state index is 0.0389. The molecular weight excluding hydrogens is 404 g/mol. The highest BCUT2D eigenvalue weighted by atomic mass is 16.6. The van der Waals surface area contributed by atoms with Gasteiger partial charge in [0, 0.05) is 0 Å². The molecule has 1 unspecified atom stereocenters. The average Bonchev–Trinajstić information content (AvgIpc) is 3.49. The molecule has 0 amide bonds. The summed E-state index contributed by atoms with van der Waals surface area (Å²) >= 11 is 0. The fourth-order valence-electron chi connectivity index (χ4n) is 10.2. The molecule has 0 radical (unpaired) electrons. The molecule has 1 saturated heterocycles. The van der Waals surface area contributed by atoms with E-state index >= 15 is 0 Å². The van der Waals surface area contributed by atoms with E-state index in [4.69, 9.17) is 4.74 Å². The Hall–Kier alpha value is -0.340. The molecule has 5 rings (SSSR count). The molecule has 0 bridgehead atoms. The quantitative estimate of drug-likeness (QED) is 0.336. The van der Waals surface area contributed by atoms with Crippen LogP contribution in [0.3, 0.4) is 0 Å². The predicted molar refractivity (Wildman–Crippen MR) is 137 cm³/mol. The summed E-state index contributed by atoms with van der Waals surface area (Å²) in [5.41, 5.74) is 5.07. The highest BCUT2D eigenvalue weighted by Crippen LogP contribution is 2.72. The molecule has 188 valence electrons. The zero-order valence-electron chi connectivity index (χ0n) is 23.0. The van der Waals surface area contributed by atoms with E-state index in [1.54, 1.807) is 0 Å². The molecule has 0 aromatic rings. The van der Waals surface area contributed by atoms with Gasteiger partial charge in [0.25, 0.3) is 0 Å². The van der Waals surface area contributed by atoms with Gasteiger partial charge in [-0.2, -0.15) is 0 Å². The molecule has 5 aliphatic rings. The highest BCUT2D eigenvalue weighted by molar-refractivity contribution is 5.38. The predicted octanol–water partition coefficient (Wildman–Crippen LogP) is 7.94. The van der Waals surface area contributed by atoms with Gasteiger partial charge in [0.1, 0.15) is 0 Å². The first-order valence-electron chi connectivity index (χ1n) is 14.4. The third-order valence-corrected chi connectivity index (χ3v) is 13.1. The van der Waals surface area contributed by atoms with Gasteiger partial charge in [-0.25, -0.2) is 0 Å². The number of allylic oxidation sites excluding steroid dienone is 2. The van der Waals surface area contributed by atoms with Crippen molar-refractivity contribution in [2.24, 2.45) is 45.3 Å². The van der Waals surface area contributed by atoms with Crippen molar-refractivity contribution in [1.29, 1.82) is 0 Å². The number of fused-ring (bicyclic) bond motifs is 4. The molecule has 0 aromatic heterocycles. The molecule has 8 atom stereocenters. The molecule has 1 heterocycles. The second-order valence-corrected chi connectivity index (χ2v) is 14.8. The summed E-state index contributed by atoms with van der Waals surface area (Å²) in [6, 6.07) is 0. The van der Waals surface area contributed by atoms with E-state index in [2.05, 4.69) is 55.4 Å². The summed E-state index contributed by atoms with van der Waals surface area (Å²) in [4.78, 5) is 0. The molecule has 1 aliphatic heterocycles. The van der Waals surface area contributed by atoms with Gasteiger partial charge in [-0.15, -0.1) is 0 Å². The van der Waals surface area contributed by atoms with Crippen molar-refractivity contribution in [2.75, 3.05) is 6.61 Å². The van der Waals surface area contributed by atoms with Crippen LogP contribution in [0.2, 0.25) is 0 Å². The van der Waals surface area contributed by atoms with E-state index in [1.165, 1.54) is 57.8 Å². The number of aliphatic hydroxyl groups is 1. The van der Waals surface area contributed by atoms with Gasteiger partial charge in [-0.3, -0.25) is 0 Å². The van der Waals surface area contributed by atoms with Gasteiger partial charge in [0.15, 0.2) is 0 Å².